The van der Waals surface area contributed by atoms with Gasteiger partial charge in [0, 0.05) is 12.4 Å². The Morgan fingerprint density at radius 1 is 1.25 bits per heavy atom. The van der Waals surface area contributed by atoms with Crippen molar-refractivity contribution >= 4 is 5.97 Å². The van der Waals surface area contributed by atoms with Crippen molar-refractivity contribution in [1.29, 1.82) is 0 Å². The molecule has 16 heavy (non-hydrogen) atoms. The fraction of sp³-hybridized carbons (Fsp3) is 0.100. The Morgan fingerprint density at radius 2 is 2.12 bits per heavy atom. The third-order valence-corrected chi connectivity index (χ3v) is 1.90. The predicted molar refractivity (Wildman–Crippen MR) is 54.4 cm³/mol. The number of hydrogen-bond donors (Lipinski definition) is 0. The molecule has 0 saturated carbocycles. The molecule has 0 radical (unpaired) electrons. The summed E-state index contributed by atoms with van der Waals surface area (Å²) < 4.78 is 4.56. The number of carbonyl (C=O) groups excluding carboxylic acids is 1. The average molecular weight is 216 g/mol. The van der Waals surface area contributed by atoms with Gasteiger partial charge in [0.15, 0.2) is 5.82 Å². The first-order chi connectivity index (χ1) is 7.81. The molecule has 0 amide bonds. The van der Waals surface area contributed by atoms with Crippen molar-refractivity contribution in [3.05, 3.63) is 36.3 Å². The molecule has 0 saturated heterocycles. The fourth-order valence-electron chi connectivity index (χ4n) is 1.13. The van der Waals surface area contributed by atoms with E-state index in [0.29, 0.717) is 17.1 Å². The van der Waals surface area contributed by atoms with Crippen molar-refractivity contribution in [2.45, 2.75) is 0 Å². The summed E-state index contributed by atoms with van der Waals surface area (Å²) in [7, 11) is 1.32. The molecule has 0 bridgehead atoms. The minimum atomic E-state index is -0.425. The monoisotopic (exact) mass is 216 g/mol. The number of pyridine rings is 1. The summed E-state index contributed by atoms with van der Waals surface area (Å²) in [6.07, 6.45) is 4.42. The summed E-state index contributed by atoms with van der Waals surface area (Å²) in [5, 5.41) is 7.49. The molecule has 0 aromatic carbocycles. The Hall–Kier alpha value is -2.37. The number of rotatable bonds is 2. The molecule has 2 aromatic rings. The van der Waals surface area contributed by atoms with Crippen molar-refractivity contribution in [1.82, 2.24) is 20.2 Å². The number of carbonyl (C=O) groups is 1. The van der Waals surface area contributed by atoms with Crippen molar-refractivity contribution in [2.75, 3.05) is 7.11 Å². The van der Waals surface area contributed by atoms with Gasteiger partial charge in [-0.15, -0.1) is 5.10 Å². The number of ether oxygens (including phenoxy) is 1. The van der Waals surface area contributed by atoms with Crippen molar-refractivity contribution in [2.24, 2.45) is 0 Å². The standard InChI is InChI=1S/C10H8N4O2/c1-16-10(15)7-2-3-8(12-6-7)9-11-4-5-13-14-9/h2-6H,1H3. The lowest BCUT2D eigenvalue weighted by Crippen LogP contribution is -2.02. The number of aromatic nitrogens is 4. The van der Waals surface area contributed by atoms with Crippen LogP contribution >= 0.6 is 0 Å². The van der Waals surface area contributed by atoms with E-state index in [-0.39, 0.29) is 0 Å². The van der Waals surface area contributed by atoms with Crippen LogP contribution in [0.15, 0.2) is 30.7 Å². The zero-order chi connectivity index (χ0) is 11.4. The minimum Gasteiger partial charge on any atom is -0.465 e. The molecular formula is C10H8N4O2. The van der Waals surface area contributed by atoms with Gasteiger partial charge < -0.3 is 4.74 Å². The highest BCUT2D eigenvalue weighted by atomic mass is 16.5. The van der Waals surface area contributed by atoms with Crippen LogP contribution in [0.4, 0.5) is 0 Å². The smallest absolute Gasteiger partial charge is 0.339 e. The van der Waals surface area contributed by atoms with E-state index in [1.54, 1.807) is 12.1 Å². The van der Waals surface area contributed by atoms with Crippen LogP contribution in [0.1, 0.15) is 10.4 Å². The van der Waals surface area contributed by atoms with Crippen LogP contribution in [0.5, 0.6) is 0 Å². The molecule has 6 heteroatoms. The molecule has 6 nitrogen and oxygen atoms in total. The maximum absolute atomic E-state index is 11.2. The van der Waals surface area contributed by atoms with Gasteiger partial charge in [-0.05, 0) is 12.1 Å². The second-order valence-corrected chi connectivity index (χ2v) is 2.89. The molecule has 80 valence electrons. The van der Waals surface area contributed by atoms with E-state index in [2.05, 4.69) is 24.9 Å². The molecule has 0 spiro atoms. The van der Waals surface area contributed by atoms with E-state index < -0.39 is 5.97 Å². The molecular weight excluding hydrogens is 208 g/mol. The van der Waals surface area contributed by atoms with Crippen LogP contribution in [-0.4, -0.2) is 33.2 Å². The molecule has 0 aliphatic rings. The Morgan fingerprint density at radius 3 is 2.69 bits per heavy atom. The van der Waals surface area contributed by atoms with E-state index in [0.717, 1.165) is 0 Å². The van der Waals surface area contributed by atoms with Gasteiger partial charge in [-0.2, -0.15) is 5.10 Å². The average Bonchev–Trinajstić information content (AvgIpc) is 2.39. The van der Waals surface area contributed by atoms with Crippen LogP contribution in [0, 0.1) is 0 Å². The number of methoxy groups -OCH3 is 1. The maximum Gasteiger partial charge on any atom is 0.339 e. The first-order valence-corrected chi connectivity index (χ1v) is 4.49. The first kappa shape index (κ1) is 10.2. The highest BCUT2D eigenvalue weighted by Gasteiger charge is 2.07. The molecule has 0 aliphatic heterocycles. The highest BCUT2D eigenvalue weighted by Crippen LogP contribution is 2.10. The van der Waals surface area contributed by atoms with Crippen molar-refractivity contribution < 1.29 is 9.53 Å². The predicted octanol–water partition coefficient (Wildman–Crippen LogP) is 0.720. The Bertz CT molecular complexity index is 484. The number of hydrogen-bond acceptors (Lipinski definition) is 6. The van der Waals surface area contributed by atoms with Crippen LogP contribution < -0.4 is 0 Å². The molecule has 0 N–H and O–H groups in total. The lowest BCUT2D eigenvalue weighted by molar-refractivity contribution is 0.0600. The molecule has 0 atom stereocenters. The summed E-state index contributed by atoms with van der Waals surface area (Å²) >= 11 is 0. The largest absolute Gasteiger partial charge is 0.465 e. The van der Waals surface area contributed by atoms with E-state index in [1.807, 2.05) is 0 Å². The normalized spacial score (nSPS) is 9.81. The summed E-state index contributed by atoms with van der Waals surface area (Å²) in [5.74, 6) is -0.00919. The first-order valence-electron chi connectivity index (χ1n) is 4.49. The molecule has 0 unspecified atom stereocenters. The van der Waals surface area contributed by atoms with E-state index in [9.17, 15) is 4.79 Å². The maximum atomic E-state index is 11.2. The zero-order valence-corrected chi connectivity index (χ0v) is 8.49. The minimum absolute atomic E-state index is 0.384. The third kappa shape index (κ3) is 2.00. The Labute approximate surface area is 91.3 Å². The Balaban J connectivity index is 2.30. The fourth-order valence-corrected chi connectivity index (χ4v) is 1.13. The van der Waals surface area contributed by atoms with Gasteiger partial charge in [0.1, 0.15) is 5.69 Å². The number of nitrogens with zero attached hydrogens (tertiary/aromatic N) is 4. The van der Waals surface area contributed by atoms with Gasteiger partial charge in [-0.25, -0.2) is 9.78 Å². The van der Waals surface area contributed by atoms with Crippen LogP contribution in [0.25, 0.3) is 11.5 Å². The third-order valence-electron chi connectivity index (χ3n) is 1.90. The van der Waals surface area contributed by atoms with E-state index in [1.165, 1.54) is 25.7 Å². The SMILES string of the molecule is COC(=O)c1ccc(-c2nccnn2)nc1. The molecule has 2 aromatic heterocycles. The van der Waals surface area contributed by atoms with Crippen molar-refractivity contribution in [3.8, 4) is 11.5 Å². The summed E-state index contributed by atoms with van der Waals surface area (Å²) in [4.78, 5) is 19.2. The van der Waals surface area contributed by atoms with Crippen LogP contribution in [0.2, 0.25) is 0 Å². The lowest BCUT2D eigenvalue weighted by Gasteiger charge is -2.00. The zero-order valence-electron chi connectivity index (χ0n) is 8.49. The molecule has 2 heterocycles. The van der Waals surface area contributed by atoms with Gasteiger partial charge in [0.2, 0.25) is 0 Å². The lowest BCUT2D eigenvalue weighted by atomic mass is 10.2. The van der Waals surface area contributed by atoms with E-state index >= 15 is 0 Å². The quantitative estimate of drug-likeness (QED) is 0.688. The molecule has 2 rings (SSSR count). The topological polar surface area (TPSA) is 77.9 Å². The van der Waals surface area contributed by atoms with Gasteiger partial charge in [-0.3, -0.25) is 4.98 Å². The van der Waals surface area contributed by atoms with Crippen LogP contribution in [0.3, 0.4) is 0 Å². The highest BCUT2D eigenvalue weighted by molar-refractivity contribution is 5.89. The second-order valence-electron chi connectivity index (χ2n) is 2.89. The van der Waals surface area contributed by atoms with Gasteiger partial charge in [0.05, 0.1) is 18.9 Å². The molecule has 0 fully saturated rings. The van der Waals surface area contributed by atoms with Crippen LogP contribution in [-0.2, 0) is 4.74 Å². The Kier molecular flexibility index (Phi) is 2.81. The summed E-state index contributed by atoms with van der Waals surface area (Å²) in [6.45, 7) is 0. The van der Waals surface area contributed by atoms with Gasteiger partial charge >= 0.3 is 5.97 Å². The van der Waals surface area contributed by atoms with Crippen molar-refractivity contribution in [3.63, 3.8) is 0 Å². The summed E-state index contributed by atoms with van der Waals surface area (Å²) in [6, 6.07) is 3.24. The van der Waals surface area contributed by atoms with Gasteiger partial charge in [0.25, 0.3) is 0 Å². The number of esters is 1. The second kappa shape index (κ2) is 4.43. The molecule has 0 aliphatic carbocycles. The van der Waals surface area contributed by atoms with E-state index in [4.69, 9.17) is 0 Å². The van der Waals surface area contributed by atoms with Gasteiger partial charge in [-0.1, -0.05) is 0 Å². The summed E-state index contributed by atoms with van der Waals surface area (Å²) in [5.41, 5.74) is 0.941.